The minimum absolute atomic E-state index is 0.0691. The molecule has 3 aromatic rings. The number of hydrogen-bond acceptors (Lipinski definition) is 5. The van der Waals surface area contributed by atoms with Crippen molar-refractivity contribution in [2.45, 2.75) is 6.92 Å². The molecule has 6 nitrogen and oxygen atoms in total. The molecule has 2 heterocycles. The van der Waals surface area contributed by atoms with E-state index in [2.05, 4.69) is 15.2 Å². The fourth-order valence-electron chi connectivity index (χ4n) is 1.89. The van der Waals surface area contributed by atoms with Crippen LogP contribution >= 0.6 is 0 Å². The Balaban J connectivity index is 1.99. The number of nitrogens with one attached hydrogen (secondary N) is 1. The average molecular weight is 269 g/mol. The summed E-state index contributed by atoms with van der Waals surface area (Å²) >= 11 is 0. The second-order valence-corrected chi connectivity index (χ2v) is 4.32. The summed E-state index contributed by atoms with van der Waals surface area (Å²) in [5, 5.41) is 17.1. The predicted octanol–water partition coefficient (Wildman–Crippen LogP) is 2.11. The first kappa shape index (κ1) is 12.2. The quantitative estimate of drug-likeness (QED) is 0.743. The van der Waals surface area contributed by atoms with E-state index < -0.39 is 0 Å². The highest BCUT2D eigenvalue weighted by atomic mass is 16.4. The zero-order chi connectivity index (χ0) is 14.1. The van der Waals surface area contributed by atoms with Gasteiger partial charge in [-0.2, -0.15) is 0 Å². The van der Waals surface area contributed by atoms with Crippen LogP contribution < -0.4 is 5.56 Å². The maximum atomic E-state index is 11.3. The van der Waals surface area contributed by atoms with Gasteiger partial charge in [-0.05, 0) is 17.7 Å². The molecule has 2 N–H and O–H groups in total. The number of aromatic amines is 1. The van der Waals surface area contributed by atoms with Crippen LogP contribution in [0.15, 0.2) is 45.6 Å². The van der Waals surface area contributed by atoms with E-state index in [1.165, 1.54) is 6.07 Å². The van der Waals surface area contributed by atoms with E-state index in [0.717, 1.165) is 17.2 Å². The number of aryl methyl sites for hydroxylation is 1. The molecule has 0 amide bonds. The van der Waals surface area contributed by atoms with Gasteiger partial charge in [0.25, 0.3) is 5.56 Å². The zero-order valence-corrected chi connectivity index (χ0v) is 10.6. The van der Waals surface area contributed by atoms with Crippen LogP contribution in [0.1, 0.15) is 5.89 Å². The van der Waals surface area contributed by atoms with Gasteiger partial charge in [0.2, 0.25) is 11.8 Å². The van der Waals surface area contributed by atoms with Crippen molar-refractivity contribution in [3.8, 4) is 28.5 Å². The molecule has 0 aliphatic carbocycles. The summed E-state index contributed by atoms with van der Waals surface area (Å²) in [6.07, 6.45) is 0. The maximum Gasteiger partial charge on any atom is 0.252 e. The molecule has 100 valence electrons. The average Bonchev–Trinajstić information content (AvgIpc) is 2.84. The summed E-state index contributed by atoms with van der Waals surface area (Å²) < 4.78 is 5.33. The molecule has 20 heavy (non-hydrogen) atoms. The van der Waals surface area contributed by atoms with Gasteiger partial charge >= 0.3 is 0 Å². The first-order valence-corrected chi connectivity index (χ1v) is 5.96. The van der Waals surface area contributed by atoms with Crippen LogP contribution in [0.25, 0.3) is 22.7 Å². The summed E-state index contributed by atoms with van der Waals surface area (Å²) in [4.78, 5) is 14.0. The van der Waals surface area contributed by atoms with Gasteiger partial charge in [0.15, 0.2) is 0 Å². The van der Waals surface area contributed by atoms with E-state index in [1.807, 2.05) is 12.1 Å². The van der Waals surface area contributed by atoms with Crippen LogP contribution in [0.3, 0.4) is 0 Å². The van der Waals surface area contributed by atoms with Crippen LogP contribution in [-0.2, 0) is 0 Å². The van der Waals surface area contributed by atoms with E-state index in [1.54, 1.807) is 19.1 Å². The van der Waals surface area contributed by atoms with Crippen LogP contribution in [0.2, 0.25) is 0 Å². The third kappa shape index (κ3) is 2.31. The smallest absolute Gasteiger partial charge is 0.252 e. The van der Waals surface area contributed by atoms with Gasteiger partial charge in [0, 0.05) is 24.6 Å². The molecule has 0 atom stereocenters. The van der Waals surface area contributed by atoms with Crippen molar-refractivity contribution in [3.05, 3.63) is 52.6 Å². The summed E-state index contributed by atoms with van der Waals surface area (Å²) in [5.41, 5.74) is 1.76. The molecule has 0 bridgehead atoms. The Labute approximate surface area is 113 Å². The van der Waals surface area contributed by atoms with Gasteiger partial charge in [-0.25, -0.2) is 0 Å². The van der Waals surface area contributed by atoms with Gasteiger partial charge in [-0.15, -0.1) is 10.2 Å². The van der Waals surface area contributed by atoms with E-state index >= 15 is 0 Å². The number of rotatable bonds is 2. The molecule has 0 fully saturated rings. The van der Waals surface area contributed by atoms with Crippen LogP contribution in [0.5, 0.6) is 5.75 Å². The fraction of sp³-hybridized carbons (Fsp3) is 0.0714. The fourth-order valence-corrected chi connectivity index (χ4v) is 1.89. The lowest BCUT2D eigenvalue weighted by molar-refractivity contribution is 0.474. The van der Waals surface area contributed by atoms with Gasteiger partial charge in [-0.3, -0.25) is 4.79 Å². The van der Waals surface area contributed by atoms with E-state index in [9.17, 15) is 9.90 Å². The number of aromatic nitrogens is 3. The van der Waals surface area contributed by atoms with Gasteiger partial charge < -0.3 is 14.5 Å². The Morgan fingerprint density at radius 3 is 2.40 bits per heavy atom. The number of H-pyrrole nitrogens is 1. The van der Waals surface area contributed by atoms with Gasteiger partial charge in [-0.1, -0.05) is 12.1 Å². The molecule has 0 aliphatic heterocycles. The highest BCUT2D eigenvalue weighted by Gasteiger charge is 2.07. The molecular formula is C14H11N3O3. The third-order valence-electron chi connectivity index (χ3n) is 2.80. The predicted molar refractivity (Wildman–Crippen MR) is 72.2 cm³/mol. The van der Waals surface area contributed by atoms with Crippen molar-refractivity contribution >= 4 is 0 Å². The van der Waals surface area contributed by atoms with Crippen molar-refractivity contribution in [2.24, 2.45) is 0 Å². The Morgan fingerprint density at radius 1 is 1.10 bits per heavy atom. The summed E-state index contributed by atoms with van der Waals surface area (Å²) in [6.45, 7) is 1.72. The van der Waals surface area contributed by atoms with E-state index in [-0.39, 0.29) is 11.3 Å². The Morgan fingerprint density at radius 2 is 1.80 bits per heavy atom. The lowest BCUT2D eigenvalue weighted by Gasteiger charge is -2.03. The number of aromatic hydroxyl groups is 1. The minimum atomic E-state index is -0.350. The van der Waals surface area contributed by atoms with E-state index in [4.69, 9.17) is 4.42 Å². The number of hydrogen-bond donors (Lipinski definition) is 2. The Hall–Kier alpha value is -2.89. The van der Waals surface area contributed by atoms with E-state index in [0.29, 0.717) is 17.5 Å². The van der Waals surface area contributed by atoms with Crippen molar-refractivity contribution < 1.29 is 9.52 Å². The highest BCUT2D eigenvalue weighted by molar-refractivity contribution is 5.65. The molecule has 1 aromatic carbocycles. The molecule has 0 unspecified atom stereocenters. The molecule has 6 heteroatoms. The first-order valence-electron chi connectivity index (χ1n) is 5.96. The van der Waals surface area contributed by atoms with Crippen molar-refractivity contribution in [1.82, 2.24) is 15.2 Å². The van der Waals surface area contributed by atoms with Crippen LogP contribution in [0.4, 0.5) is 0 Å². The summed E-state index contributed by atoms with van der Waals surface area (Å²) in [7, 11) is 0. The van der Waals surface area contributed by atoms with Crippen molar-refractivity contribution in [1.29, 1.82) is 0 Å². The second kappa shape index (κ2) is 4.65. The first-order chi connectivity index (χ1) is 9.61. The highest BCUT2D eigenvalue weighted by Crippen LogP contribution is 2.23. The van der Waals surface area contributed by atoms with Crippen molar-refractivity contribution in [2.75, 3.05) is 0 Å². The molecule has 0 saturated heterocycles. The van der Waals surface area contributed by atoms with Crippen LogP contribution in [-0.4, -0.2) is 20.3 Å². The summed E-state index contributed by atoms with van der Waals surface area (Å²) in [6, 6.07) is 9.85. The largest absolute Gasteiger partial charge is 0.508 e. The zero-order valence-electron chi connectivity index (χ0n) is 10.6. The maximum absolute atomic E-state index is 11.3. The molecule has 0 radical (unpaired) electrons. The third-order valence-corrected chi connectivity index (χ3v) is 2.80. The molecule has 0 saturated carbocycles. The molecular weight excluding hydrogens is 258 g/mol. The Bertz CT molecular complexity index is 803. The van der Waals surface area contributed by atoms with Crippen molar-refractivity contribution in [3.63, 3.8) is 0 Å². The minimum Gasteiger partial charge on any atom is -0.508 e. The topological polar surface area (TPSA) is 92.0 Å². The second-order valence-electron chi connectivity index (χ2n) is 4.32. The molecule has 0 spiro atoms. The molecule has 3 rings (SSSR count). The lowest BCUT2D eigenvalue weighted by atomic mass is 10.1. The SMILES string of the molecule is Cc1nnc(-c2ccc(-c3cc(O)cc(=O)[nH]3)cc2)o1. The lowest BCUT2D eigenvalue weighted by Crippen LogP contribution is -2.03. The molecule has 0 aliphatic rings. The van der Waals surface area contributed by atoms with Crippen LogP contribution in [0, 0.1) is 6.92 Å². The van der Waals surface area contributed by atoms with Gasteiger partial charge in [0.05, 0.1) is 5.69 Å². The number of pyridine rings is 1. The monoisotopic (exact) mass is 269 g/mol. The number of benzene rings is 1. The summed E-state index contributed by atoms with van der Waals surface area (Å²) in [5.74, 6) is 0.875. The molecule has 2 aromatic heterocycles. The van der Waals surface area contributed by atoms with Gasteiger partial charge in [0.1, 0.15) is 5.75 Å². The number of nitrogens with zero attached hydrogens (tertiary/aromatic N) is 2. The Kier molecular flexibility index (Phi) is 2.83. The standard InChI is InChI=1S/C14H11N3O3/c1-8-16-17-14(20-8)10-4-2-9(3-5-10)12-6-11(18)7-13(19)15-12/h2-7H,1H3,(H2,15,18,19). The normalized spacial score (nSPS) is 10.7.